The summed E-state index contributed by atoms with van der Waals surface area (Å²) in [5, 5.41) is 9.88. The fourth-order valence-corrected chi connectivity index (χ4v) is 5.33. The fourth-order valence-electron chi connectivity index (χ4n) is 5.18. The van der Waals surface area contributed by atoms with Crippen LogP contribution in [0.1, 0.15) is 47.5 Å². The number of ether oxygens (including phenoxy) is 2. The zero-order valence-corrected chi connectivity index (χ0v) is 25.0. The minimum absolute atomic E-state index is 0.0120. The second-order valence-electron chi connectivity index (χ2n) is 10.5. The molecule has 12 heteroatoms. The molecule has 1 aliphatic carbocycles. The van der Waals surface area contributed by atoms with E-state index >= 15 is 4.39 Å². The summed E-state index contributed by atoms with van der Waals surface area (Å²) in [6, 6.07) is 13.7. The number of imidazole rings is 2. The number of fused-ring (bicyclic) bond motifs is 1. The number of carbonyl (C=O) groups is 1. The van der Waals surface area contributed by atoms with Gasteiger partial charge in [-0.1, -0.05) is 23.7 Å². The van der Waals surface area contributed by atoms with Crippen LogP contribution in [0.25, 0.3) is 6.08 Å². The van der Waals surface area contributed by atoms with Gasteiger partial charge < -0.3 is 23.7 Å². The van der Waals surface area contributed by atoms with E-state index in [0.29, 0.717) is 47.7 Å². The summed E-state index contributed by atoms with van der Waals surface area (Å²) in [4.78, 5) is 25.2. The van der Waals surface area contributed by atoms with Crippen LogP contribution in [0.4, 0.5) is 8.78 Å². The highest BCUT2D eigenvalue weighted by molar-refractivity contribution is 6.30. The summed E-state index contributed by atoms with van der Waals surface area (Å²) < 4.78 is 44.8. The standard InChI is InChI=1S/C33H28ClF2N5O4/c1-2-40-19-37-16-24(40)17-41-29-12-21(33(42)43)7-10-28(29)39-31(41)13-20-6-9-25(15-26(20)35)45-32-5-3-4-23(38-32)18-44-30-11-8-22(34)14-27(30)36/h3-6,8-9,11-12,14-16,19H,2,7,10,13,17-18H2,1H3,(H,42,43). The van der Waals surface area contributed by atoms with Crippen LogP contribution in [0.3, 0.4) is 0 Å². The lowest BCUT2D eigenvalue weighted by atomic mass is 10.00. The summed E-state index contributed by atoms with van der Waals surface area (Å²) in [5.74, 6) is -0.907. The molecule has 0 amide bonds. The molecule has 0 saturated heterocycles. The first-order valence-electron chi connectivity index (χ1n) is 14.3. The quantitative estimate of drug-likeness (QED) is 0.170. The van der Waals surface area contributed by atoms with E-state index in [-0.39, 0.29) is 35.4 Å². The predicted molar refractivity (Wildman–Crippen MR) is 162 cm³/mol. The van der Waals surface area contributed by atoms with Gasteiger partial charge in [0.15, 0.2) is 11.6 Å². The van der Waals surface area contributed by atoms with Crippen LogP contribution in [0.5, 0.6) is 17.4 Å². The van der Waals surface area contributed by atoms with Crippen molar-refractivity contribution in [3.63, 3.8) is 0 Å². The van der Waals surface area contributed by atoms with E-state index in [4.69, 9.17) is 26.1 Å². The van der Waals surface area contributed by atoms with Gasteiger partial charge in [0.1, 0.15) is 24.0 Å². The van der Waals surface area contributed by atoms with E-state index < -0.39 is 17.6 Å². The van der Waals surface area contributed by atoms with Crippen LogP contribution >= 0.6 is 11.6 Å². The molecule has 45 heavy (non-hydrogen) atoms. The van der Waals surface area contributed by atoms with Crippen LogP contribution in [0.2, 0.25) is 5.02 Å². The van der Waals surface area contributed by atoms with Crippen molar-refractivity contribution in [2.45, 2.75) is 45.9 Å². The maximum atomic E-state index is 15.5. The summed E-state index contributed by atoms with van der Waals surface area (Å²) in [6.07, 6.45) is 6.22. The van der Waals surface area contributed by atoms with Crippen molar-refractivity contribution < 1.29 is 28.2 Å². The SMILES string of the molecule is CCn1cncc1Cn1c(Cc2ccc(Oc3cccc(COc4ccc(Cl)cc4F)n3)cc2F)nc2c1C=C(C(=O)O)CC2. The Hall–Kier alpha value is -5.03. The van der Waals surface area contributed by atoms with Gasteiger partial charge in [-0.15, -0.1) is 0 Å². The molecular weight excluding hydrogens is 604 g/mol. The van der Waals surface area contributed by atoms with Gasteiger partial charge in [-0.3, -0.25) is 0 Å². The first kappa shape index (κ1) is 30.0. The third-order valence-corrected chi connectivity index (χ3v) is 7.72. The summed E-state index contributed by atoms with van der Waals surface area (Å²) in [7, 11) is 0. The number of aromatic nitrogens is 5. The van der Waals surface area contributed by atoms with Gasteiger partial charge >= 0.3 is 5.97 Å². The molecule has 0 radical (unpaired) electrons. The molecule has 0 unspecified atom stereocenters. The van der Waals surface area contributed by atoms with Crippen molar-refractivity contribution in [2.75, 3.05) is 0 Å². The average Bonchev–Trinajstić information content (AvgIpc) is 3.62. The van der Waals surface area contributed by atoms with Crippen LogP contribution < -0.4 is 9.47 Å². The zero-order chi connectivity index (χ0) is 31.5. The molecule has 0 bridgehead atoms. The Morgan fingerprint density at radius 3 is 2.71 bits per heavy atom. The molecule has 0 fully saturated rings. The number of pyridine rings is 1. The average molecular weight is 632 g/mol. The predicted octanol–water partition coefficient (Wildman–Crippen LogP) is 6.85. The number of benzene rings is 2. The van der Waals surface area contributed by atoms with Crippen LogP contribution in [0.15, 0.2) is 72.7 Å². The van der Waals surface area contributed by atoms with Crippen molar-refractivity contribution in [3.8, 4) is 17.4 Å². The summed E-state index contributed by atoms with van der Waals surface area (Å²) in [6.45, 7) is 3.13. The number of aryl methyl sites for hydroxylation is 2. The highest BCUT2D eigenvalue weighted by Crippen LogP contribution is 2.29. The number of aliphatic carboxylic acids is 1. The van der Waals surface area contributed by atoms with Crippen molar-refractivity contribution >= 4 is 23.6 Å². The number of rotatable bonds is 11. The second kappa shape index (κ2) is 12.9. The molecule has 5 aromatic rings. The molecule has 6 rings (SSSR count). The second-order valence-corrected chi connectivity index (χ2v) is 10.9. The molecule has 1 aliphatic rings. The highest BCUT2D eigenvalue weighted by atomic mass is 35.5. The first-order chi connectivity index (χ1) is 21.8. The number of carboxylic acids is 1. The smallest absolute Gasteiger partial charge is 0.331 e. The number of hydrogen-bond donors (Lipinski definition) is 1. The lowest BCUT2D eigenvalue weighted by Crippen LogP contribution is -2.13. The zero-order valence-electron chi connectivity index (χ0n) is 24.2. The van der Waals surface area contributed by atoms with Crippen molar-refractivity contribution in [1.29, 1.82) is 0 Å². The third kappa shape index (κ3) is 6.73. The molecule has 230 valence electrons. The van der Waals surface area contributed by atoms with Gasteiger partial charge in [-0.05, 0) is 61.7 Å². The molecule has 9 nitrogen and oxygen atoms in total. The molecule has 0 saturated carbocycles. The molecule has 0 atom stereocenters. The number of nitrogens with zero attached hydrogens (tertiary/aromatic N) is 5. The Kier molecular flexibility index (Phi) is 8.61. The molecule has 3 aromatic heterocycles. The van der Waals surface area contributed by atoms with E-state index in [9.17, 15) is 14.3 Å². The topological polar surface area (TPSA) is 104 Å². The van der Waals surface area contributed by atoms with E-state index in [2.05, 4.69) is 9.97 Å². The Morgan fingerprint density at radius 1 is 1.07 bits per heavy atom. The van der Waals surface area contributed by atoms with Crippen molar-refractivity contribution in [3.05, 3.63) is 124 Å². The number of carboxylic acid groups (broad SMARTS) is 1. The van der Waals surface area contributed by atoms with Gasteiger partial charge in [0, 0.05) is 41.9 Å². The van der Waals surface area contributed by atoms with Crippen molar-refractivity contribution in [1.82, 2.24) is 24.1 Å². The van der Waals surface area contributed by atoms with Gasteiger partial charge in [0.25, 0.3) is 0 Å². The Labute approximate surface area is 262 Å². The molecule has 0 aliphatic heterocycles. The number of hydrogen-bond acceptors (Lipinski definition) is 6. The summed E-state index contributed by atoms with van der Waals surface area (Å²) >= 11 is 5.79. The van der Waals surface area contributed by atoms with E-state index in [1.165, 1.54) is 18.2 Å². The monoisotopic (exact) mass is 631 g/mol. The van der Waals surface area contributed by atoms with Gasteiger partial charge in [0.05, 0.1) is 35.6 Å². The molecule has 2 aromatic carbocycles. The largest absolute Gasteiger partial charge is 0.484 e. The van der Waals surface area contributed by atoms with Gasteiger partial charge in [-0.25, -0.2) is 28.5 Å². The maximum Gasteiger partial charge on any atom is 0.331 e. The molecule has 0 spiro atoms. The lowest BCUT2D eigenvalue weighted by molar-refractivity contribution is -0.132. The molecular formula is C33H28ClF2N5O4. The maximum absolute atomic E-state index is 15.5. The Balaban J connectivity index is 1.20. The Bertz CT molecular complexity index is 1920. The van der Waals surface area contributed by atoms with Crippen LogP contribution in [-0.4, -0.2) is 35.2 Å². The van der Waals surface area contributed by atoms with E-state index in [0.717, 1.165) is 24.0 Å². The first-order valence-corrected chi connectivity index (χ1v) is 14.7. The fraction of sp³-hybridized carbons (Fsp3) is 0.212. The van der Waals surface area contributed by atoms with Crippen LogP contribution in [0, 0.1) is 11.6 Å². The van der Waals surface area contributed by atoms with Crippen LogP contribution in [-0.2, 0) is 37.3 Å². The summed E-state index contributed by atoms with van der Waals surface area (Å²) in [5.41, 5.74) is 3.63. The van der Waals surface area contributed by atoms with Gasteiger partial charge in [-0.2, -0.15) is 0 Å². The molecule has 1 N–H and O–H groups in total. The highest BCUT2D eigenvalue weighted by Gasteiger charge is 2.24. The van der Waals surface area contributed by atoms with Crippen molar-refractivity contribution in [2.24, 2.45) is 0 Å². The number of halogens is 3. The van der Waals surface area contributed by atoms with E-state index in [1.54, 1.807) is 48.9 Å². The lowest BCUT2D eigenvalue weighted by Gasteiger charge is -2.15. The minimum Gasteiger partial charge on any atom is -0.484 e. The minimum atomic E-state index is -0.960. The normalized spacial score (nSPS) is 12.5. The van der Waals surface area contributed by atoms with Gasteiger partial charge in [0.2, 0.25) is 5.88 Å². The molecule has 3 heterocycles. The van der Waals surface area contributed by atoms with E-state index in [1.807, 2.05) is 16.1 Å². The Morgan fingerprint density at radius 2 is 1.93 bits per heavy atom. The third-order valence-electron chi connectivity index (χ3n) is 7.48.